The number of nitrogens with zero attached hydrogens (tertiary/aromatic N) is 4. The van der Waals surface area contributed by atoms with Crippen molar-refractivity contribution in [3.63, 3.8) is 0 Å². The first-order valence-corrected chi connectivity index (χ1v) is 10.8. The normalized spacial score (nSPS) is 22.0. The van der Waals surface area contributed by atoms with Gasteiger partial charge in [0.25, 0.3) is 0 Å². The van der Waals surface area contributed by atoms with Gasteiger partial charge in [0.05, 0.1) is 11.2 Å². The molecule has 3 heterocycles. The number of aromatic nitrogens is 2. The third-order valence-electron chi connectivity index (χ3n) is 6.15. The highest BCUT2D eigenvalue weighted by atomic mass is 15.4. The standard InChI is InChI=1S/C23H28N8/c1-16-19-14-18(8-9-20(19)28-27-16)21-26-23(2,31-12-10-24-11-13-31)22(30-29-21)25-15-17-6-4-3-5-7-17/h3-9,14,24H,10-13,15H2,1-2H3,(H,25,30)(H,26,29)(H,27,28)/t23-/m0/s1. The minimum absolute atomic E-state index is 0.478. The first kappa shape index (κ1) is 19.7. The molecule has 2 aliphatic rings. The molecule has 4 N–H and O–H groups in total. The molecule has 1 saturated heterocycles. The van der Waals surface area contributed by atoms with Crippen LogP contribution >= 0.6 is 0 Å². The lowest BCUT2D eigenvalue weighted by Gasteiger charge is -2.46. The average molecular weight is 417 g/mol. The van der Waals surface area contributed by atoms with Crippen molar-refractivity contribution in [2.45, 2.75) is 26.1 Å². The van der Waals surface area contributed by atoms with E-state index in [0.29, 0.717) is 6.54 Å². The van der Waals surface area contributed by atoms with Gasteiger partial charge in [-0.15, -0.1) is 10.2 Å². The fourth-order valence-corrected chi connectivity index (χ4v) is 4.26. The van der Waals surface area contributed by atoms with Crippen LogP contribution in [0.3, 0.4) is 0 Å². The van der Waals surface area contributed by atoms with Crippen LogP contribution in [-0.4, -0.2) is 58.6 Å². The molecule has 5 rings (SSSR count). The van der Waals surface area contributed by atoms with Crippen LogP contribution in [-0.2, 0) is 6.54 Å². The molecule has 3 aromatic rings. The Balaban J connectivity index is 1.47. The summed E-state index contributed by atoms with van der Waals surface area (Å²) in [5.74, 6) is 1.61. The number of rotatable bonds is 4. The van der Waals surface area contributed by atoms with E-state index >= 15 is 0 Å². The second-order valence-corrected chi connectivity index (χ2v) is 8.24. The van der Waals surface area contributed by atoms with Crippen LogP contribution in [0.25, 0.3) is 10.9 Å². The van der Waals surface area contributed by atoms with Gasteiger partial charge in [-0.3, -0.25) is 10.00 Å². The van der Waals surface area contributed by atoms with Crippen molar-refractivity contribution in [2.24, 2.45) is 10.2 Å². The SMILES string of the molecule is Cc1n[nH]c2ccc(C3=NN=C(NCc4ccccc4)[C@](C)(N4CCNCC4)N3)cc12. The summed E-state index contributed by atoms with van der Waals surface area (Å²) in [7, 11) is 0. The molecule has 2 aliphatic heterocycles. The van der Waals surface area contributed by atoms with Crippen LogP contribution in [0.4, 0.5) is 0 Å². The van der Waals surface area contributed by atoms with Crippen LogP contribution in [0.5, 0.6) is 0 Å². The lowest BCUT2D eigenvalue weighted by molar-refractivity contribution is 0.125. The lowest BCUT2D eigenvalue weighted by Crippen LogP contribution is -2.70. The van der Waals surface area contributed by atoms with E-state index in [1.54, 1.807) is 0 Å². The molecule has 8 heteroatoms. The van der Waals surface area contributed by atoms with E-state index in [-0.39, 0.29) is 0 Å². The minimum Gasteiger partial charge on any atom is -0.365 e. The van der Waals surface area contributed by atoms with Crippen molar-refractivity contribution in [3.05, 3.63) is 65.4 Å². The zero-order valence-corrected chi connectivity index (χ0v) is 17.9. The lowest BCUT2D eigenvalue weighted by atomic mass is 10.0. The van der Waals surface area contributed by atoms with E-state index in [1.165, 1.54) is 5.56 Å². The largest absolute Gasteiger partial charge is 0.365 e. The first-order chi connectivity index (χ1) is 15.1. The second kappa shape index (κ2) is 8.13. The molecule has 0 unspecified atom stereocenters. The van der Waals surface area contributed by atoms with Gasteiger partial charge >= 0.3 is 0 Å². The molecular weight excluding hydrogens is 388 g/mol. The quantitative estimate of drug-likeness (QED) is 0.522. The van der Waals surface area contributed by atoms with Gasteiger partial charge in [-0.2, -0.15) is 5.10 Å². The summed E-state index contributed by atoms with van der Waals surface area (Å²) in [6.07, 6.45) is 0. The Morgan fingerprint density at radius 3 is 2.68 bits per heavy atom. The first-order valence-electron chi connectivity index (χ1n) is 10.8. The number of hydrogen-bond acceptors (Lipinski definition) is 7. The number of amidine groups is 2. The molecule has 0 radical (unpaired) electrons. The Bertz CT molecular complexity index is 1130. The van der Waals surface area contributed by atoms with E-state index in [1.807, 2.05) is 19.1 Å². The molecule has 0 amide bonds. The number of hydrogen-bond donors (Lipinski definition) is 4. The van der Waals surface area contributed by atoms with Gasteiger partial charge in [-0.05, 0) is 37.6 Å². The number of aryl methyl sites for hydroxylation is 1. The van der Waals surface area contributed by atoms with Gasteiger partial charge in [0.2, 0.25) is 0 Å². The average Bonchev–Trinajstić information content (AvgIpc) is 3.19. The van der Waals surface area contributed by atoms with Crippen LogP contribution in [0.1, 0.15) is 23.7 Å². The Kier molecular flexibility index (Phi) is 5.17. The van der Waals surface area contributed by atoms with E-state index in [0.717, 1.165) is 60.0 Å². The molecular formula is C23H28N8. The zero-order chi connectivity index (χ0) is 21.3. The van der Waals surface area contributed by atoms with Crippen LogP contribution < -0.4 is 16.0 Å². The Morgan fingerprint density at radius 2 is 1.87 bits per heavy atom. The zero-order valence-electron chi connectivity index (χ0n) is 17.9. The molecule has 1 fully saturated rings. The van der Waals surface area contributed by atoms with Gasteiger partial charge in [-0.25, -0.2) is 0 Å². The molecule has 1 aromatic heterocycles. The van der Waals surface area contributed by atoms with Crippen molar-refractivity contribution in [1.82, 2.24) is 31.0 Å². The summed E-state index contributed by atoms with van der Waals surface area (Å²) in [5, 5.41) is 28.4. The maximum atomic E-state index is 4.67. The van der Waals surface area contributed by atoms with E-state index in [4.69, 9.17) is 0 Å². The summed E-state index contributed by atoms with van der Waals surface area (Å²) in [5.41, 5.74) is 3.74. The molecule has 0 aliphatic carbocycles. The molecule has 160 valence electrons. The topological polar surface area (TPSA) is 92.7 Å². The number of H-pyrrole nitrogens is 1. The van der Waals surface area contributed by atoms with Crippen molar-refractivity contribution < 1.29 is 0 Å². The van der Waals surface area contributed by atoms with Crippen LogP contribution in [0.15, 0.2) is 58.7 Å². The van der Waals surface area contributed by atoms with Gasteiger partial charge in [0.15, 0.2) is 17.3 Å². The Labute approximate surface area is 181 Å². The molecule has 31 heavy (non-hydrogen) atoms. The fourth-order valence-electron chi connectivity index (χ4n) is 4.26. The molecule has 0 bridgehead atoms. The predicted octanol–water partition coefficient (Wildman–Crippen LogP) is 1.95. The minimum atomic E-state index is -0.478. The molecule has 1 atom stereocenters. The van der Waals surface area contributed by atoms with E-state index in [9.17, 15) is 0 Å². The van der Waals surface area contributed by atoms with Gasteiger partial charge in [0, 0.05) is 43.7 Å². The molecule has 0 saturated carbocycles. The number of aromatic amines is 1. The van der Waals surface area contributed by atoms with Crippen molar-refractivity contribution in [2.75, 3.05) is 26.2 Å². The molecule has 8 nitrogen and oxygen atoms in total. The van der Waals surface area contributed by atoms with Gasteiger partial charge in [0.1, 0.15) is 0 Å². The summed E-state index contributed by atoms with van der Waals surface area (Å²) < 4.78 is 0. The highest BCUT2D eigenvalue weighted by molar-refractivity contribution is 6.07. The highest BCUT2D eigenvalue weighted by Gasteiger charge is 2.41. The summed E-state index contributed by atoms with van der Waals surface area (Å²) >= 11 is 0. The number of piperazine rings is 1. The Morgan fingerprint density at radius 1 is 1.06 bits per heavy atom. The third kappa shape index (κ3) is 3.80. The smallest absolute Gasteiger partial charge is 0.166 e. The maximum absolute atomic E-state index is 4.67. The van der Waals surface area contributed by atoms with E-state index < -0.39 is 5.66 Å². The van der Waals surface area contributed by atoms with Gasteiger partial charge in [-0.1, -0.05) is 30.3 Å². The molecule has 2 aromatic carbocycles. The van der Waals surface area contributed by atoms with Crippen LogP contribution in [0, 0.1) is 6.92 Å². The van der Waals surface area contributed by atoms with Crippen molar-refractivity contribution in [3.8, 4) is 0 Å². The third-order valence-corrected chi connectivity index (χ3v) is 6.15. The number of benzene rings is 2. The summed E-state index contributed by atoms with van der Waals surface area (Å²) in [6, 6.07) is 16.6. The number of nitrogens with one attached hydrogen (secondary N) is 4. The van der Waals surface area contributed by atoms with Crippen molar-refractivity contribution in [1.29, 1.82) is 0 Å². The molecule has 0 spiro atoms. The van der Waals surface area contributed by atoms with Gasteiger partial charge < -0.3 is 16.0 Å². The second-order valence-electron chi connectivity index (χ2n) is 8.24. The monoisotopic (exact) mass is 416 g/mol. The summed E-state index contributed by atoms with van der Waals surface area (Å²) in [6.45, 7) is 8.67. The van der Waals surface area contributed by atoms with Crippen LogP contribution in [0.2, 0.25) is 0 Å². The van der Waals surface area contributed by atoms with Crippen molar-refractivity contribution >= 4 is 22.6 Å². The fraction of sp³-hybridized carbons (Fsp3) is 0.348. The Hall–Kier alpha value is -3.23. The summed E-state index contributed by atoms with van der Waals surface area (Å²) in [4.78, 5) is 2.43. The predicted molar refractivity (Wildman–Crippen MR) is 124 cm³/mol. The highest BCUT2D eigenvalue weighted by Crippen LogP contribution is 2.22. The van der Waals surface area contributed by atoms with E-state index in [2.05, 4.69) is 84.6 Å². The maximum Gasteiger partial charge on any atom is 0.166 e. The number of fused-ring (bicyclic) bond motifs is 1.